The third-order valence-electron chi connectivity index (χ3n) is 5.54. The van der Waals surface area contributed by atoms with Gasteiger partial charge in [-0.2, -0.15) is 0 Å². The maximum atomic E-state index is 13.5. The van der Waals surface area contributed by atoms with Crippen LogP contribution in [0.5, 0.6) is 0 Å². The van der Waals surface area contributed by atoms with E-state index in [1.165, 1.54) is 35.2 Å². The lowest BCUT2D eigenvalue weighted by atomic mass is 10.1. The first-order chi connectivity index (χ1) is 15.8. The number of halogens is 2. The summed E-state index contributed by atoms with van der Waals surface area (Å²) in [4.78, 5) is 27.6. The van der Waals surface area contributed by atoms with Crippen molar-refractivity contribution >= 4 is 39.1 Å². The minimum absolute atomic E-state index is 0.00536. The molecule has 2 aromatic carbocycles. The number of carbonyl (C=O) groups excluding carboxylic acids is 2. The second kappa shape index (κ2) is 11.7. The average Bonchev–Trinajstić information content (AvgIpc) is 2.76. The summed E-state index contributed by atoms with van der Waals surface area (Å²) in [6.07, 6.45) is 1.72. The number of amides is 2. The maximum Gasteiger partial charge on any atom is 0.244 e. The van der Waals surface area contributed by atoms with Crippen LogP contribution in [0.1, 0.15) is 38.3 Å². The van der Waals surface area contributed by atoms with Crippen molar-refractivity contribution in [1.29, 1.82) is 0 Å². The Morgan fingerprint density at radius 1 is 1.12 bits per heavy atom. The number of carbonyl (C=O) groups is 2. The number of hydrogen-bond acceptors (Lipinski definition) is 4. The highest BCUT2D eigenvalue weighted by Crippen LogP contribution is 2.26. The van der Waals surface area contributed by atoms with Gasteiger partial charge in [0.25, 0.3) is 0 Å². The van der Waals surface area contributed by atoms with Gasteiger partial charge in [0.2, 0.25) is 21.8 Å². The molecule has 2 amide bonds. The molecular weight excluding hydrogens is 481 g/mol. The standard InChI is InChI=1S/C24H31ClFN3O4S/c1-6-17(3)27-24(31)18(4)28(14-19-7-10-21(26)11-8-19)23(30)15-29(34(5,32)33)22-12-9-20(25)13-16(22)2/h7-13,17-18H,6,14-15H2,1-5H3,(H,27,31). The van der Waals surface area contributed by atoms with Crippen LogP contribution < -0.4 is 9.62 Å². The Bertz CT molecular complexity index is 1130. The van der Waals surface area contributed by atoms with Crippen molar-refractivity contribution in [2.75, 3.05) is 17.1 Å². The molecule has 2 atom stereocenters. The molecule has 0 heterocycles. The van der Waals surface area contributed by atoms with E-state index in [0.29, 0.717) is 28.3 Å². The lowest BCUT2D eigenvalue weighted by Gasteiger charge is -2.32. The predicted octanol–water partition coefficient (Wildman–Crippen LogP) is 3.89. The molecule has 2 aromatic rings. The summed E-state index contributed by atoms with van der Waals surface area (Å²) in [5.74, 6) is -1.36. The topological polar surface area (TPSA) is 86.8 Å². The molecule has 0 bridgehead atoms. The number of hydrogen-bond donors (Lipinski definition) is 1. The normalized spacial score (nSPS) is 13.1. The first-order valence-electron chi connectivity index (χ1n) is 10.9. The fourth-order valence-electron chi connectivity index (χ4n) is 3.33. The minimum Gasteiger partial charge on any atom is -0.352 e. The molecule has 34 heavy (non-hydrogen) atoms. The van der Waals surface area contributed by atoms with Gasteiger partial charge in [0.05, 0.1) is 11.9 Å². The molecule has 0 saturated heterocycles. The van der Waals surface area contributed by atoms with Crippen LogP contribution in [0.4, 0.5) is 10.1 Å². The summed E-state index contributed by atoms with van der Waals surface area (Å²) >= 11 is 6.01. The number of nitrogens with one attached hydrogen (secondary N) is 1. The summed E-state index contributed by atoms with van der Waals surface area (Å²) in [5, 5.41) is 3.29. The molecule has 1 N–H and O–H groups in total. The minimum atomic E-state index is -3.84. The molecule has 7 nitrogen and oxygen atoms in total. The monoisotopic (exact) mass is 511 g/mol. The van der Waals surface area contributed by atoms with Crippen LogP contribution >= 0.6 is 11.6 Å². The summed E-state index contributed by atoms with van der Waals surface area (Å²) < 4.78 is 39.6. The van der Waals surface area contributed by atoms with Gasteiger partial charge < -0.3 is 10.2 Å². The van der Waals surface area contributed by atoms with Crippen molar-refractivity contribution in [3.8, 4) is 0 Å². The summed E-state index contributed by atoms with van der Waals surface area (Å²) in [5.41, 5.74) is 1.50. The molecule has 186 valence electrons. The molecule has 0 aromatic heterocycles. The van der Waals surface area contributed by atoms with Crippen molar-refractivity contribution in [1.82, 2.24) is 10.2 Å². The molecule has 0 saturated carbocycles. The number of aryl methyl sites for hydroxylation is 1. The number of nitrogens with zero attached hydrogens (tertiary/aromatic N) is 2. The van der Waals surface area contributed by atoms with E-state index in [1.54, 1.807) is 26.0 Å². The number of sulfonamides is 1. The van der Waals surface area contributed by atoms with Crippen LogP contribution in [-0.2, 0) is 26.2 Å². The first kappa shape index (κ1) is 27.6. The molecular formula is C24H31ClFN3O4S. The lowest BCUT2D eigenvalue weighted by Crippen LogP contribution is -2.52. The van der Waals surface area contributed by atoms with E-state index in [0.717, 1.165) is 10.6 Å². The highest BCUT2D eigenvalue weighted by molar-refractivity contribution is 7.92. The van der Waals surface area contributed by atoms with Gasteiger partial charge in [-0.1, -0.05) is 30.7 Å². The van der Waals surface area contributed by atoms with Gasteiger partial charge in [-0.05, 0) is 68.7 Å². The van der Waals surface area contributed by atoms with Crippen molar-refractivity contribution in [2.24, 2.45) is 0 Å². The maximum absolute atomic E-state index is 13.5. The van der Waals surface area contributed by atoms with E-state index in [-0.39, 0.29) is 18.5 Å². The highest BCUT2D eigenvalue weighted by atomic mass is 35.5. The van der Waals surface area contributed by atoms with Gasteiger partial charge >= 0.3 is 0 Å². The molecule has 10 heteroatoms. The van der Waals surface area contributed by atoms with E-state index in [1.807, 2.05) is 13.8 Å². The largest absolute Gasteiger partial charge is 0.352 e. The molecule has 2 unspecified atom stereocenters. The van der Waals surface area contributed by atoms with Crippen molar-refractivity contribution < 1.29 is 22.4 Å². The Kier molecular flexibility index (Phi) is 9.46. The second-order valence-corrected chi connectivity index (χ2v) is 10.7. The Morgan fingerprint density at radius 3 is 2.26 bits per heavy atom. The molecule has 0 spiro atoms. The third-order valence-corrected chi connectivity index (χ3v) is 6.90. The molecule has 0 aliphatic heterocycles. The van der Waals surface area contributed by atoms with Crippen molar-refractivity contribution in [3.05, 3.63) is 64.4 Å². The van der Waals surface area contributed by atoms with Gasteiger partial charge in [-0.25, -0.2) is 12.8 Å². The van der Waals surface area contributed by atoms with E-state index < -0.39 is 34.3 Å². The third kappa shape index (κ3) is 7.43. The zero-order valence-corrected chi connectivity index (χ0v) is 21.6. The molecule has 0 radical (unpaired) electrons. The van der Waals surface area contributed by atoms with E-state index in [9.17, 15) is 22.4 Å². The Balaban J connectivity index is 2.41. The van der Waals surface area contributed by atoms with E-state index in [4.69, 9.17) is 11.6 Å². The molecule has 0 aliphatic rings. The Labute approximate surface area is 205 Å². The van der Waals surface area contributed by atoms with Crippen LogP contribution in [0.2, 0.25) is 5.02 Å². The van der Waals surface area contributed by atoms with Crippen LogP contribution in [0.3, 0.4) is 0 Å². The van der Waals surface area contributed by atoms with Crippen molar-refractivity contribution in [2.45, 2.75) is 52.7 Å². The van der Waals surface area contributed by atoms with Crippen LogP contribution in [0, 0.1) is 12.7 Å². The van der Waals surface area contributed by atoms with Gasteiger partial charge in [-0.15, -0.1) is 0 Å². The zero-order valence-electron chi connectivity index (χ0n) is 20.0. The van der Waals surface area contributed by atoms with Gasteiger partial charge in [-0.3, -0.25) is 13.9 Å². The highest BCUT2D eigenvalue weighted by Gasteiger charge is 2.31. The predicted molar refractivity (Wildman–Crippen MR) is 133 cm³/mol. The summed E-state index contributed by atoms with van der Waals surface area (Å²) in [6, 6.07) is 9.28. The molecule has 0 fully saturated rings. The van der Waals surface area contributed by atoms with Crippen LogP contribution in [0.25, 0.3) is 0 Å². The summed E-state index contributed by atoms with van der Waals surface area (Å²) in [7, 11) is -3.84. The second-order valence-electron chi connectivity index (χ2n) is 8.34. The fourth-order valence-corrected chi connectivity index (χ4v) is 4.46. The Morgan fingerprint density at radius 2 is 1.74 bits per heavy atom. The van der Waals surface area contributed by atoms with Crippen molar-refractivity contribution in [3.63, 3.8) is 0 Å². The van der Waals surface area contributed by atoms with Gasteiger partial charge in [0, 0.05) is 17.6 Å². The SMILES string of the molecule is CCC(C)NC(=O)C(C)N(Cc1ccc(F)cc1)C(=O)CN(c1ccc(Cl)cc1C)S(C)(=O)=O. The Hall–Kier alpha value is -2.65. The zero-order chi connectivity index (χ0) is 25.6. The van der Waals surface area contributed by atoms with E-state index >= 15 is 0 Å². The van der Waals surface area contributed by atoms with E-state index in [2.05, 4.69) is 5.32 Å². The van der Waals surface area contributed by atoms with Crippen LogP contribution in [-0.4, -0.2) is 50.0 Å². The number of benzene rings is 2. The first-order valence-corrected chi connectivity index (χ1v) is 13.1. The smallest absolute Gasteiger partial charge is 0.244 e. The number of anilines is 1. The molecule has 0 aliphatic carbocycles. The fraction of sp³-hybridized carbons (Fsp3) is 0.417. The summed E-state index contributed by atoms with van der Waals surface area (Å²) in [6.45, 7) is 6.55. The quantitative estimate of drug-likeness (QED) is 0.524. The van der Waals surface area contributed by atoms with Gasteiger partial charge in [0.15, 0.2) is 0 Å². The number of rotatable bonds is 10. The lowest BCUT2D eigenvalue weighted by molar-refractivity contribution is -0.139. The van der Waals surface area contributed by atoms with Gasteiger partial charge in [0.1, 0.15) is 18.4 Å². The average molecular weight is 512 g/mol. The van der Waals surface area contributed by atoms with Crippen LogP contribution in [0.15, 0.2) is 42.5 Å². The molecule has 2 rings (SSSR count).